The highest BCUT2D eigenvalue weighted by Crippen LogP contribution is 2.37. The van der Waals surface area contributed by atoms with Crippen molar-refractivity contribution in [3.05, 3.63) is 42.0 Å². The average molecular weight is 383 g/mol. The van der Waals surface area contributed by atoms with Gasteiger partial charge in [0.25, 0.3) is 0 Å². The predicted molar refractivity (Wildman–Crippen MR) is 106 cm³/mol. The first-order chi connectivity index (χ1) is 13.4. The second-order valence-corrected chi connectivity index (χ2v) is 9.19. The highest BCUT2D eigenvalue weighted by molar-refractivity contribution is 5.79. The van der Waals surface area contributed by atoms with Gasteiger partial charge in [0.1, 0.15) is 0 Å². The van der Waals surface area contributed by atoms with Gasteiger partial charge in [-0.2, -0.15) is 0 Å². The van der Waals surface area contributed by atoms with Crippen LogP contribution in [0, 0.1) is 11.8 Å². The molecule has 28 heavy (non-hydrogen) atoms. The maximum Gasteiger partial charge on any atom is 0.224 e. The van der Waals surface area contributed by atoms with Crippen molar-refractivity contribution in [2.24, 2.45) is 11.8 Å². The number of rotatable bonds is 5. The summed E-state index contributed by atoms with van der Waals surface area (Å²) < 4.78 is 1.98. The van der Waals surface area contributed by atoms with Crippen molar-refractivity contribution in [1.82, 2.24) is 30.2 Å². The Bertz CT molecular complexity index is 812. The van der Waals surface area contributed by atoms with Crippen LogP contribution < -0.4 is 5.32 Å². The fraction of sp³-hybridized carbons (Fsp3) is 0.619. The van der Waals surface area contributed by atoms with E-state index in [0.29, 0.717) is 18.5 Å². The molecule has 3 aliphatic heterocycles. The fourth-order valence-corrected chi connectivity index (χ4v) is 4.40. The molecule has 0 saturated carbocycles. The minimum Gasteiger partial charge on any atom is -0.352 e. The lowest BCUT2D eigenvalue weighted by atomic mass is 9.75. The molecule has 0 radical (unpaired) electrons. The van der Waals surface area contributed by atoms with Crippen LogP contribution in [0.3, 0.4) is 0 Å². The Morgan fingerprint density at radius 2 is 2.21 bits per heavy atom. The fourth-order valence-electron chi connectivity index (χ4n) is 4.40. The molecule has 0 spiro atoms. The van der Waals surface area contributed by atoms with Gasteiger partial charge in [-0.3, -0.25) is 19.4 Å². The summed E-state index contributed by atoms with van der Waals surface area (Å²) in [4.78, 5) is 19.3. The molecule has 2 bridgehead atoms. The van der Waals surface area contributed by atoms with Crippen LogP contribution in [0.25, 0.3) is 0 Å². The molecule has 4 unspecified atom stereocenters. The lowest BCUT2D eigenvalue weighted by Crippen LogP contribution is -2.58. The van der Waals surface area contributed by atoms with Crippen molar-refractivity contribution < 1.29 is 4.79 Å². The molecule has 4 atom stereocenters. The van der Waals surface area contributed by atoms with E-state index in [1.54, 1.807) is 12.4 Å². The van der Waals surface area contributed by atoms with Crippen molar-refractivity contribution in [2.45, 2.75) is 58.2 Å². The summed E-state index contributed by atoms with van der Waals surface area (Å²) in [5.74, 6) is 0.713. The zero-order chi connectivity index (χ0) is 19.7. The largest absolute Gasteiger partial charge is 0.352 e. The Balaban J connectivity index is 1.34. The Morgan fingerprint density at radius 1 is 1.36 bits per heavy atom. The van der Waals surface area contributed by atoms with Crippen molar-refractivity contribution in [1.29, 1.82) is 0 Å². The van der Waals surface area contributed by atoms with E-state index in [1.807, 2.05) is 16.8 Å². The number of piperidine rings is 3. The Kier molecular flexibility index (Phi) is 5.19. The molecule has 1 amide bonds. The van der Waals surface area contributed by atoms with E-state index in [-0.39, 0.29) is 17.2 Å². The Morgan fingerprint density at radius 3 is 2.86 bits per heavy atom. The number of hydrogen-bond acceptors (Lipinski definition) is 5. The van der Waals surface area contributed by atoms with Gasteiger partial charge in [-0.1, -0.05) is 32.1 Å². The van der Waals surface area contributed by atoms with Crippen LogP contribution in [0.5, 0.6) is 0 Å². The number of pyridine rings is 1. The van der Waals surface area contributed by atoms with Gasteiger partial charge in [-0.05, 0) is 36.9 Å². The number of carbonyl (C=O) groups excluding carboxylic acids is 1. The van der Waals surface area contributed by atoms with Gasteiger partial charge in [0.05, 0.1) is 18.2 Å². The van der Waals surface area contributed by atoms with E-state index in [2.05, 4.69) is 52.5 Å². The minimum atomic E-state index is 0.0154. The topological polar surface area (TPSA) is 75.9 Å². The number of hydrogen-bond donors (Lipinski definition) is 1. The zero-order valence-electron chi connectivity index (χ0n) is 17.0. The van der Waals surface area contributed by atoms with Crippen molar-refractivity contribution in [3.63, 3.8) is 0 Å². The van der Waals surface area contributed by atoms with E-state index in [1.165, 1.54) is 0 Å². The molecular formula is C21H30N6O. The van der Waals surface area contributed by atoms with Crippen molar-refractivity contribution in [2.75, 3.05) is 13.1 Å². The second-order valence-electron chi connectivity index (χ2n) is 9.19. The van der Waals surface area contributed by atoms with Crippen LogP contribution in [0.15, 0.2) is 30.7 Å². The first kappa shape index (κ1) is 19.1. The lowest BCUT2D eigenvalue weighted by molar-refractivity contribution is -0.133. The summed E-state index contributed by atoms with van der Waals surface area (Å²) >= 11 is 0. The predicted octanol–water partition coefficient (Wildman–Crippen LogP) is 2.00. The van der Waals surface area contributed by atoms with E-state index in [4.69, 9.17) is 0 Å². The summed E-state index contributed by atoms with van der Waals surface area (Å²) in [6, 6.07) is 4.33. The maximum absolute atomic E-state index is 12.8. The molecule has 3 fully saturated rings. The van der Waals surface area contributed by atoms with E-state index < -0.39 is 0 Å². The van der Waals surface area contributed by atoms with Crippen LogP contribution in [0.2, 0.25) is 0 Å². The zero-order valence-corrected chi connectivity index (χ0v) is 17.0. The molecule has 0 aromatic carbocycles. The summed E-state index contributed by atoms with van der Waals surface area (Å²) in [7, 11) is 0. The molecule has 7 heteroatoms. The molecule has 5 heterocycles. The molecule has 3 aliphatic rings. The molecule has 5 rings (SSSR count). The molecule has 150 valence electrons. The quantitative estimate of drug-likeness (QED) is 0.856. The smallest absolute Gasteiger partial charge is 0.224 e. The third kappa shape index (κ3) is 4.09. The summed E-state index contributed by atoms with van der Waals surface area (Å²) in [6.45, 7) is 9.78. The van der Waals surface area contributed by atoms with E-state index in [9.17, 15) is 4.79 Å². The summed E-state index contributed by atoms with van der Waals surface area (Å²) in [5.41, 5.74) is 2.08. The van der Waals surface area contributed by atoms with Crippen LogP contribution in [-0.4, -0.2) is 49.9 Å². The molecule has 1 N–H and O–H groups in total. The molecule has 7 nitrogen and oxygen atoms in total. The van der Waals surface area contributed by atoms with E-state index in [0.717, 1.165) is 43.7 Å². The maximum atomic E-state index is 12.8. The van der Waals surface area contributed by atoms with Gasteiger partial charge in [0, 0.05) is 43.1 Å². The van der Waals surface area contributed by atoms with Gasteiger partial charge >= 0.3 is 0 Å². The number of fused-ring (bicyclic) bond motifs is 3. The number of amides is 1. The standard InChI is InChI=1S/C21H30N6O/c1-21(2,3)19-14-27(25-24-19)12-17-9-16-6-8-26(17)13-18(16)20(28)23-11-15-5-4-7-22-10-15/h4-5,7,10,14,16-18H,6,8-9,11-13H2,1-3H3,(H,23,28). The normalized spacial score (nSPS) is 27.0. The Hall–Kier alpha value is -2.28. The molecule has 2 aromatic rings. The monoisotopic (exact) mass is 382 g/mol. The SMILES string of the molecule is CC(C)(C)c1cn(CC2CC3CCN2CC3C(=O)NCc2cccnc2)nn1. The summed E-state index contributed by atoms with van der Waals surface area (Å²) in [5, 5.41) is 11.8. The van der Waals surface area contributed by atoms with Crippen LogP contribution >= 0.6 is 0 Å². The van der Waals surface area contributed by atoms with E-state index >= 15 is 0 Å². The molecule has 2 aromatic heterocycles. The average Bonchev–Trinajstić information content (AvgIpc) is 3.16. The second kappa shape index (κ2) is 7.62. The first-order valence-corrected chi connectivity index (χ1v) is 10.2. The third-order valence-electron chi connectivity index (χ3n) is 6.11. The van der Waals surface area contributed by atoms with Crippen LogP contribution in [0.4, 0.5) is 0 Å². The molecule has 3 saturated heterocycles. The van der Waals surface area contributed by atoms with Gasteiger partial charge in [0.15, 0.2) is 0 Å². The van der Waals surface area contributed by atoms with Crippen molar-refractivity contribution >= 4 is 5.91 Å². The minimum absolute atomic E-state index is 0.0154. The first-order valence-electron chi connectivity index (χ1n) is 10.2. The number of nitrogens with one attached hydrogen (secondary N) is 1. The molecule has 0 aliphatic carbocycles. The number of nitrogens with zero attached hydrogens (tertiary/aromatic N) is 5. The van der Waals surface area contributed by atoms with Gasteiger partial charge < -0.3 is 5.32 Å². The van der Waals surface area contributed by atoms with Crippen LogP contribution in [-0.2, 0) is 23.3 Å². The van der Waals surface area contributed by atoms with Crippen LogP contribution in [0.1, 0.15) is 44.9 Å². The number of carbonyl (C=O) groups is 1. The number of aromatic nitrogens is 4. The van der Waals surface area contributed by atoms with Gasteiger partial charge in [-0.15, -0.1) is 5.10 Å². The third-order valence-corrected chi connectivity index (χ3v) is 6.11. The molecular weight excluding hydrogens is 352 g/mol. The van der Waals surface area contributed by atoms with Crippen molar-refractivity contribution in [3.8, 4) is 0 Å². The lowest BCUT2D eigenvalue weighted by Gasteiger charge is -2.49. The highest BCUT2D eigenvalue weighted by Gasteiger charge is 2.43. The Labute approximate surface area is 166 Å². The van der Waals surface area contributed by atoms with Gasteiger partial charge in [0.2, 0.25) is 5.91 Å². The highest BCUT2D eigenvalue weighted by atomic mass is 16.1. The van der Waals surface area contributed by atoms with Gasteiger partial charge in [-0.25, -0.2) is 0 Å². The summed E-state index contributed by atoms with van der Waals surface area (Å²) in [6.07, 6.45) is 7.78.